The molecule has 142 valence electrons. The van der Waals surface area contributed by atoms with Gasteiger partial charge < -0.3 is 19.9 Å². The topological polar surface area (TPSA) is 78.0 Å². The molecule has 3 rings (SSSR count). The van der Waals surface area contributed by atoms with E-state index in [0.717, 1.165) is 45.2 Å². The Morgan fingerprint density at radius 2 is 1.77 bits per heavy atom. The molecule has 1 aromatic heterocycles. The van der Waals surface area contributed by atoms with Gasteiger partial charge in [0.1, 0.15) is 5.82 Å². The number of pyridine rings is 1. The second-order valence-electron chi connectivity index (χ2n) is 6.61. The van der Waals surface area contributed by atoms with E-state index in [0.29, 0.717) is 31.7 Å². The third kappa shape index (κ3) is 4.92. The maximum Gasteiger partial charge on any atom is 0.255 e. The Morgan fingerprint density at radius 3 is 2.38 bits per heavy atom. The number of amides is 2. The van der Waals surface area contributed by atoms with Gasteiger partial charge in [0, 0.05) is 65.5 Å². The van der Waals surface area contributed by atoms with Gasteiger partial charge in [-0.3, -0.25) is 14.5 Å². The molecule has 0 spiro atoms. The van der Waals surface area contributed by atoms with Gasteiger partial charge in [0.25, 0.3) is 5.91 Å². The molecule has 2 fully saturated rings. The number of nitrogens with one attached hydrogen (secondary N) is 1. The zero-order valence-corrected chi connectivity index (χ0v) is 15.3. The fourth-order valence-electron chi connectivity index (χ4n) is 3.20. The standard InChI is InChI=1S/C18H27N5O3/c1-15(24)22-6-8-23(9-7-22)18(25)16-2-3-17(20-14-16)19-4-5-21-10-12-26-13-11-21/h2-3,14H,4-13H2,1H3,(H,19,20). The van der Waals surface area contributed by atoms with E-state index < -0.39 is 0 Å². The van der Waals surface area contributed by atoms with E-state index in [9.17, 15) is 9.59 Å². The first kappa shape index (κ1) is 18.6. The molecule has 0 unspecified atom stereocenters. The number of hydrogen-bond acceptors (Lipinski definition) is 6. The molecular formula is C18H27N5O3. The summed E-state index contributed by atoms with van der Waals surface area (Å²) in [7, 11) is 0. The lowest BCUT2D eigenvalue weighted by Crippen LogP contribution is -2.50. The van der Waals surface area contributed by atoms with Crippen molar-refractivity contribution < 1.29 is 14.3 Å². The van der Waals surface area contributed by atoms with Crippen LogP contribution in [0.3, 0.4) is 0 Å². The van der Waals surface area contributed by atoms with Gasteiger partial charge in [-0.05, 0) is 12.1 Å². The summed E-state index contributed by atoms with van der Waals surface area (Å²) >= 11 is 0. The van der Waals surface area contributed by atoms with Crippen LogP contribution in [0.5, 0.6) is 0 Å². The van der Waals surface area contributed by atoms with Crippen molar-refractivity contribution in [3.05, 3.63) is 23.9 Å². The normalized spacial score (nSPS) is 18.7. The predicted octanol–water partition coefficient (Wildman–Crippen LogP) is 0.130. The Labute approximate surface area is 154 Å². The lowest BCUT2D eigenvalue weighted by atomic mass is 10.2. The van der Waals surface area contributed by atoms with Gasteiger partial charge in [0.05, 0.1) is 18.8 Å². The monoisotopic (exact) mass is 361 g/mol. The highest BCUT2D eigenvalue weighted by molar-refractivity contribution is 5.94. The first-order valence-corrected chi connectivity index (χ1v) is 9.18. The van der Waals surface area contributed by atoms with Crippen molar-refractivity contribution in [3.8, 4) is 0 Å². The van der Waals surface area contributed by atoms with Crippen molar-refractivity contribution >= 4 is 17.6 Å². The van der Waals surface area contributed by atoms with Crippen molar-refractivity contribution in [1.29, 1.82) is 0 Å². The van der Waals surface area contributed by atoms with Crippen LogP contribution in [0.15, 0.2) is 18.3 Å². The fourth-order valence-corrected chi connectivity index (χ4v) is 3.20. The maximum absolute atomic E-state index is 12.6. The van der Waals surface area contributed by atoms with Crippen LogP contribution in [-0.2, 0) is 9.53 Å². The largest absolute Gasteiger partial charge is 0.379 e. The molecule has 2 aliphatic rings. The van der Waals surface area contributed by atoms with Crippen molar-refractivity contribution in [1.82, 2.24) is 19.7 Å². The molecule has 8 heteroatoms. The van der Waals surface area contributed by atoms with Crippen LogP contribution in [0, 0.1) is 0 Å². The zero-order chi connectivity index (χ0) is 18.4. The average Bonchev–Trinajstić information content (AvgIpc) is 2.69. The second kappa shape index (κ2) is 8.95. The number of ether oxygens (including phenoxy) is 1. The van der Waals surface area contributed by atoms with Crippen LogP contribution < -0.4 is 5.32 Å². The van der Waals surface area contributed by atoms with E-state index in [1.807, 2.05) is 12.1 Å². The third-order valence-corrected chi connectivity index (χ3v) is 4.86. The van der Waals surface area contributed by atoms with Crippen LogP contribution in [-0.4, -0.2) is 97.1 Å². The Bertz CT molecular complexity index is 608. The molecule has 1 aromatic rings. The SMILES string of the molecule is CC(=O)N1CCN(C(=O)c2ccc(NCCN3CCOCC3)nc2)CC1. The van der Waals surface area contributed by atoms with Crippen LogP contribution >= 0.6 is 0 Å². The van der Waals surface area contributed by atoms with Gasteiger partial charge in [0.15, 0.2) is 0 Å². The third-order valence-electron chi connectivity index (χ3n) is 4.86. The zero-order valence-electron chi connectivity index (χ0n) is 15.3. The summed E-state index contributed by atoms with van der Waals surface area (Å²) < 4.78 is 5.34. The second-order valence-corrected chi connectivity index (χ2v) is 6.61. The molecule has 0 aromatic carbocycles. The van der Waals surface area contributed by atoms with Gasteiger partial charge in [-0.15, -0.1) is 0 Å². The highest BCUT2D eigenvalue weighted by Crippen LogP contribution is 2.11. The lowest BCUT2D eigenvalue weighted by molar-refractivity contribution is -0.130. The van der Waals surface area contributed by atoms with Crippen molar-refractivity contribution in [3.63, 3.8) is 0 Å². The number of morpholine rings is 1. The van der Waals surface area contributed by atoms with Gasteiger partial charge in [0.2, 0.25) is 5.91 Å². The van der Waals surface area contributed by atoms with E-state index in [4.69, 9.17) is 4.74 Å². The van der Waals surface area contributed by atoms with Gasteiger partial charge >= 0.3 is 0 Å². The minimum Gasteiger partial charge on any atom is -0.379 e. The molecule has 2 aliphatic heterocycles. The minimum atomic E-state index is -0.0273. The predicted molar refractivity (Wildman–Crippen MR) is 98.1 cm³/mol. The summed E-state index contributed by atoms with van der Waals surface area (Å²) in [5, 5.41) is 3.29. The minimum absolute atomic E-state index is 0.0273. The smallest absolute Gasteiger partial charge is 0.255 e. The number of carbonyl (C=O) groups is 2. The summed E-state index contributed by atoms with van der Waals surface area (Å²) in [6, 6.07) is 3.65. The molecule has 26 heavy (non-hydrogen) atoms. The quantitative estimate of drug-likeness (QED) is 0.803. The Balaban J connectivity index is 1.44. The lowest BCUT2D eigenvalue weighted by Gasteiger charge is -2.34. The Hall–Kier alpha value is -2.19. The molecule has 1 N–H and O–H groups in total. The molecule has 2 amide bonds. The Morgan fingerprint density at radius 1 is 1.08 bits per heavy atom. The van der Waals surface area contributed by atoms with E-state index in [1.54, 1.807) is 22.9 Å². The number of piperazine rings is 1. The summed E-state index contributed by atoms with van der Waals surface area (Å²) in [6.07, 6.45) is 1.62. The number of rotatable bonds is 5. The fraction of sp³-hybridized carbons (Fsp3) is 0.611. The van der Waals surface area contributed by atoms with Gasteiger partial charge in [-0.2, -0.15) is 0 Å². The number of carbonyl (C=O) groups excluding carboxylic acids is 2. The molecule has 0 bridgehead atoms. The van der Waals surface area contributed by atoms with E-state index in [2.05, 4.69) is 15.2 Å². The van der Waals surface area contributed by atoms with Crippen LogP contribution in [0.2, 0.25) is 0 Å². The maximum atomic E-state index is 12.6. The highest BCUT2D eigenvalue weighted by Gasteiger charge is 2.23. The van der Waals surface area contributed by atoms with Crippen molar-refractivity contribution in [2.45, 2.75) is 6.92 Å². The molecule has 3 heterocycles. The number of hydrogen-bond donors (Lipinski definition) is 1. The molecule has 0 radical (unpaired) electrons. The molecule has 0 atom stereocenters. The van der Waals surface area contributed by atoms with Crippen LogP contribution in [0.1, 0.15) is 17.3 Å². The van der Waals surface area contributed by atoms with Crippen LogP contribution in [0.4, 0.5) is 5.82 Å². The summed E-state index contributed by atoms with van der Waals surface area (Å²) in [6.45, 7) is 9.19. The first-order valence-electron chi connectivity index (χ1n) is 9.18. The molecule has 2 saturated heterocycles. The van der Waals surface area contributed by atoms with Crippen molar-refractivity contribution in [2.75, 3.05) is 70.9 Å². The number of aromatic nitrogens is 1. The highest BCUT2D eigenvalue weighted by atomic mass is 16.5. The van der Waals surface area contributed by atoms with E-state index in [1.165, 1.54) is 0 Å². The van der Waals surface area contributed by atoms with E-state index in [-0.39, 0.29) is 11.8 Å². The average molecular weight is 361 g/mol. The summed E-state index contributed by atoms with van der Waals surface area (Å²) in [5.74, 6) is 0.808. The number of nitrogens with zero attached hydrogens (tertiary/aromatic N) is 4. The first-order chi connectivity index (χ1) is 12.6. The molecular weight excluding hydrogens is 334 g/mol. The molecule has 0 saturated carbocycles. The van der Waals surface area contributed by atoms with E-state index >= 15 is 0 Å². The van der Waals surface area contributed by atoms with Crippen LogP contribution in [0.25, 0.3) is 0 Å². The molecule has 8 nitrogen and oxygen atoms in total. The van der Waals surface area contributed by atoms with Crippen molar-refractivity contribution in [2.24, 2.45) is 0 Å². The molecule has 0 aliphatic carbocycles. The summed E-state index contributed by atoms with van der Waals surface area (Å²) in [4.78, 5) is 34.2. The Kier molecular flexibility index (Phi) is 6.40. The summed E-state index contributed by atoms with van der Waals surface area (Å²) in [5.41, 5.74) is 0.583. The number of anilines is 1. The van der Waals surface area contributed by atoms with Gasteiger partial charge in [-0.1, -0.05) is 0 Å². The van der Waals surface area contributed by atoms with Gasteiger partial charge in [-0.25, -0.2) is 4.98 Å².